The molecule has 1 amide bonds. The van der Waals surface area contributed by atoms with Crippen molar-refractivity contribution in [2.24, 2.45) is 0 Å². The molecule has 9 heteroatoms. The van der Waals surface area contributed by atoms with Gasteiger partial charge < -0.3 is 4.74 Å². The molecular formula is C18H22N4O4S. The zero-order chi connectivity index (χ0) is 19.3. The fourth-order valence-electron chi connectivity index (χ4n) is 3.13. The summed E-state index contributed by atoms with van der Waals surface area (Å²) < 4.78 is 32.7. The Morgan fingerprint density at radius 1 is 1.22 bits per heavy atom. The third-order valence-corrected chi connectivity index (χ3v) is 6.44. The van der Waals surface area contributed by atoms with Gasteiger partial charge in [0, 0.05) is 31.4 Å². The van der Waals surface area contributed by atoms with E-state index in [-0.39, 0.29) is 23.2 Å². The lowest BCUT2D eigenvalue weighted by molar-refractivity contribution is -0.117. The minimum Gasteiger partial charge on any atom is -0.497 e. The number of rotatable bonds is 6. The normalized spacial score (nSPS) is 18.0. The van der Waals surface area contributed by atoms with E-state index in [9.17, 15) is 13.2 Å². The molecule has 0 bridgehead atoms. The number of ether oxygens (including phenoxy) is 1. The van der Waals surface area contributed by atoms with Crippen molar-refractivity contribution >= 4 is 21.9 Å². The summed E-state index contributed by atoms with van der Waals surface area (Å²) in [4.78, 5) is 20.5. The summed E-state index contributed by atoms with van der Waals surface area (Å²) in [5.41, 5.74) is 0. The van der Waals surface area contributed by atoms with E-state index in [1.807, 2.05) is 0 Å². The summed E-state index contributed by atoms with van der Waals surface area (Å²) in [6.45, 7) is 0.397. The molecule has 1 atom stereocenters. The van der Waals surface area contributed by atoms with Gasteiger partial charge in [-0.05, 0) is 43.2 Å². The number of hydrogen-bond acceptors (Lipinski definition) is 6. The van der Waals surface area contributed by atoms with E-state index >= 15 is 0 Å². The van der Waals surface area contributed by atoms with E-state index in [1.165, 1.54) is 35.9 Å². The van der Waals surface area contributed by atoms with Gasteiger partial charge in [-0.2, -0.15) is 4.31 Å². The second-order valence-electron chi connectivity index (χ2n) is 6.27. The van der Waals surface area contributed by atoms with Crippen LogP contribution in [-0.4, -0.2) is 48.3 Å². The van der Waals surface area contributed by atoms with E-state index in [1.54, 1.807) is 18.2 Å². The van der Waals surface area contributed by atoms with Crippen LogP contribution in [0.5, 0.6) is 5.75 Å². The van der Waals surface area contributed by atoms with Crippen LogP contribution in [0.25, 0.3) is 0 Å². The Kier molecular flexibility index (Phi) is 6.02. The van der Waals surface area contributed by atoms with Crippen molar-refractivity contribution in [2.45, 2.75) is 36.6 Å². The van der Waals surface area contributed by atoms with Crippen LogP contribution in [0.15, 0.2) is 47.6 Å². The maximum atomic E-state index is 13.1. The maximum absolute atomic E-state index is 13.1. The molecule has 2 aromatic rings. The van der Waals surface area contributed by atoms with Gasteiger partial charge in [-0.25, -0.2) is 18.4 Å². The van der Waals surface area contributed by atoms with E-state index in [4.69, 9.17) is 4.74 Å². The molecule has 8 nitrogen and oxygen atoms in total. The second kappa shape index (κ2) is 8.45. The van der Waals surface area contributed by atoms with E-state index in [2.05, 4.69) is 15.3 Å². The highest BCUT2D eigenvalue weighted by Crippen LogP contribution is 2.28. The molecule has 0 radical (unpaired) electrons. The van der Waals surface area contributed by atoms with Gasteiger partial charge in [0.05, 0.1) is 12.0 Å². The lowest BCUT2D eigenvalue weighted by Crippen LogP contribution is -2.45. The number of hydrogen-bond donors (Lipinski definition) is 1. The molecule has 0 unspecified atom stereocenters. The number of sulfonamides is 1. The molecule has 0 aliphatic carbocycles. The van der Waals surface area contributed by atoms with Gasteiger partial charge in [-0.15, -0.1) is 0 Å². The van der Waals surface area contributed by atoms with Crippen molar-refractivity contribution in [1.29, 1.82) is 0 Å². The van der Waals surface area contributed by atoms with Gasteiger partial charge in [0.25, 0.3) is 0 Å². The standard InChI is InChI=1S/C18H22N4O4S/c1-26-15-6-8-16(9-7-15)27(24,25)22-12-3-2-5-14(22)13-17(23)21-18-19-10-4-11-20-18/h4,6-11,14H,2-3,5,12-13H2,1H3,(H,19,20,21,23)/t14-/m1/s1. The number of aromatic nitrogens is 2. The number of anilines is 1. The number of methoxy groups -OCH3 is 1. The maximum Gasteiger partial charge on any atom is 0.243 e. The summed E-state index contributed by atoms with van der Waals surface area (Å²) in [6, 6.07) is 7.54. The van der Waals surface area contributed by atoms with Crippen LogP contribution in [-0.2, 0) is 14.8 Å². The van der Waals surface area contributed by atoms with Crippen molar-refractivity contribution in [3.8, 4) is 5.75 Å². The molecule has 1 aromatic heterocycles. The van der Waals surface area contributed by atoms with Crippen molar-refractivity contribution in [2.75, 3.05) is 19.0 Å². The number of nitrogens with zero attached hydrogens (tertiary/aromatic N) is 3. The van der Waals surface area contributed by atoms with Gasteiger partial charge in [0.2, 0.25) is 21.9 Å². The molecule has 1 N–H and O–H groups in total. The largest absolute Gasteiger partial charge is 0.497 e. The Hall–Kier alpha value is -2.52. The summed E-state index contributed by atoms with van der Waals surface area (Å²) in [5, 5.41) is 2.62. The number of carbonyl (C=O) groups is 1. The minimum absolute atomic E-state index is 0.0631. The lowest BCUT2D eigenvalue weighted by Gasteiger charge is -2.34. The average Bonchev–Trinajstić information content (AvgIpc) is 2.69. The Labute approximate surface area is 158 Å². The Morgan fingerprint density at radius 3 is 2.59 bits per heavy atom. The van der Waals surface area contributed by atoms with E-state index in [0.717, 1.165) is 12.8 Å². The number of amides is 1. The third-order valence-electron chi connectivity index (χ3n) is 4.48. The van der Waals surface area contributed by atoms with Gasteiger partial charge in [-0.3, -0.25) is 10.1 Å². The molecule has 1 aliphatic rings. The average molecular weight is 390 g/mol. The van der Waals surface area contributed by atoms with Crippen LogP contribution in [0, 0.1) is 0 Å². The van der Waals surface area contributed by atoms with Crippen LogP contribution in [0.4, 0.5) is 5.95 Å². The zero-order valence-corrected chi connectivity index (χ0v) is 15.9. The smallest absolute Gasteiger partial charge is 0.243 e. The Morgan fingerprint density at radius 2 is 1.93 bits per heavy atom. The molecular weight excluding hydrogens is 368 g/mol. The number of nitrogens with one attached hydrogen (secondary N) is 1. The van der Waals surface area contributed by atoms with Crippen LogP contribution in [0.2, 0.25) is 0 Å². The summed E-state index contributed by atoms with van der Waals surface area (Å²) >= 11 is 0. The number of carbonyl (C=O) groups excluding carboxylic acids is 1. The molecule has 0 saturated carbocycles. The van der Waals surface area contributed by atoms with Crippen LogP contribution in [0.1, 0.15) is 25.7 Å². The van der Waals surface area contributed by atoms with Gasteiger partial charge in [0.15, 0.2) is 0 Å². The van der Waals surface area contributed by atoms with Gasteiger partial charge in [0.1, 0.15) is 5.75 Å². The lowest BCUT2D eigenvalue weighted by atomic mass is 10.0. The van der Waals surface area contributed by atoms with E-state index < -0.39 is 16.1 Å². The monoisotopic (exact) mass is 390 g/mol. The molecule has 0 spiro atoms. The van der Waals surface area contributed by atoms with Crippen LogP contribution in [0.3, 0.4) is 0 Å². The van der Waals surface area contributed by atoms with E-state index in [0.29, 0.717) is 18.7 Å². The topological polar surface area (TPSA) is 101 Å². The molecule has 1 aromatic carbocycles. The fourth-order valence-corrected chi connectivity index (χ4v) is 4.82. The highest BCUT2D eigenvalue weighted by molar-refractivity contribution is 7.89. The molecule has 3 rings (SSSR count). The highest BCUT2D eigenvalue weighted by Gasteiger charge is 2.34. The predicted octanol–water partition coefficient (Wildman–Crippen LogP) is 2.06. The van der Waals surface area contributed by atoms with Crippen molar-refractivity contribution in [1.82, 2.24) is 14.3 Å². The third kappa shape index (κ3) is 4.61. The first-order valence-corrected chi connectivity index (χ1v) is 10.2. The Balaban J connectivity index is 1.74. The number of benzene rings is 1. The van der Waals surface area contributed by atoms with Crippen LogP contribution >= 0.6 is 0 Å². The van der Waals surface area contributed by atoms with Crippen molar-refractivity contribution < 1.29 is 17.9 Å². The van der Waals surface area contributed by atoms with Crippen molar-refractivity contribution in [3.63, 3.8) is 0 Å². The summed E-state index contributed by atoms with van der Waals surface area (Å²) in [7, 11) is -2.16. The van der Waals surface area contributed by atoms with Gasteiger partial charge >= 0.3 is 0 Å². The second-order valence-corrected chi connectivity index (χ2v) is 8.16. The summed E-state index contributed by atoms with van der Waals surface area (Å²) in [5.74, 6) is 0.497. The van der Waals surface area contributed by atoms with Gasteiger partial charge in [-0.1, -0.05) is 6.42 Å². The Bertz CT molecular complexity index is 872. The molecule has 144 valence electrons. The molecule has 27 heavy (non-hydrogen) atoms. The van der Waals surface area contributed by atoms with Crippen molar-refractivity contribution in [3.05, 3.63) is 42.7 Å². The highest BCUT2D eigenvalue weighted by atomic mass is 32.2. The quantitative estimate of drug-likeness (QED) is 0.810. The van der Waals surface area contributed by atoms with Crippen LogP contribution < -0.4 is 10.1 Å². The molecule has 1 aliphatic heterocycles. The first-order valence-electron chi connectivity index (χ1n) is 8.73. The number of piperidine rings is 1. The summed E-state index contributed by atoms with van der Waals surface area (Å²) in [6.07, 6.45) is 5.42. The zero-order valence-electron chi connectivity index (χ0n) is 15.0. The first-order chi connectivity index (χ1) is 13.0. The SMILES string of the molecule is COc1ccc(S(=O)(=O)N2CCCC[C@@H]2CC(=O)Nc2ncccn2)cc1. The molecule has 1 saturated heterocycles. The molecule has 1 fully saturated rings. The fraction of sp³-hybridized carbons (Fsp3) is 0.389. The first kappa shape index (κ1) is 19.2. The minimum atomic E-state index is -3.69. The molecule has 2 heterocycles. The predicted molar refractivity (Wildman–Crippen MR) is 99.8 cm³/mol.